The molecule has 1 rings (SSSR count). The van der Waals surface area contributed by atoms with Crippen LogP contribution >= 0.6 is 0 Å². The fraction of sp³-hybridized carbons (Fsp3) is 0.222. The minimum atomic E-state index is 0.709. The Labute approximate surface area is 71.5 Å². The first-order valence-corrected chi connectivity index (χ1v) is 3.62. The van der Waals surface area contributed by atoms with Crippen LogP contribution in [0.5, 0.6) is 5.75 Å². The number of para-hydroxylation sites is 1. The molecule has 0 N–H and O–H groups in total. The molecule has 0 aliphatic heterocycles. The van der Waals surface area contributed by atoms with Crippen LogP contribution in [-0.4, -0.2) is 25.1 Å². The molecular weight excluding hydrogens is 154 g/mol. The fourth-order valence-electron chi connectivity index (χ4n) is 0.969. The van der Waals surface area contributed by atoms with Crippen LogP contribution < -0.4 is 4.74 Å². The third-order valence-electron chi connectivity index (χ3n) is 1.46. The van der Waals surface area contributed by atoms with E-state index in [4.69, 9.17) is 4.74 Å². The van der Waals surface area contributed by atoms with Gasteiger partial charge in [0.05, 0.1) is 12.7 Å². The second kappa shape index (κ2) is 3.76. The summed E-state index contributed by atoms with van der Waals surface area (Å²) >= 11 is 0. The summed E-state index contributed by atoms with van der Waals surface area (Å²) in [5, 5.41) is 10.7. The highest BCUT2D eigenvalue weighted by atomic mass is 16.5. The SMILES string of the molecule is COc1ccccc1C=[N+](C)[O-]. The summed E-state index contributed by atoms with van der Waals surface area (Å²) in [5.74, 6) is 0.709. The third-order valence-corrected chi connectivity index (χ3v) is 1.46. The van der Waals surface area contributed by atoms with Crippen molar-refractivity contribution in [1.29, 1.82) is 0 Å². The van der Waals surface area contributed by atoms with Crippen molar-refractivity contribution in [3.8, 4) is 5.75 Å². The van der Waals surface area contributed by atoms with E-state index in [9.17, 15) is 5.21 Å². The number of nitrogens with zero attached hydrogens (tertiary/aromatic N) is 1. The topological polar surface area (TPSA) is 35.3 Å². The van der Waals surface area contributed by atoms with Crippen molar-refractivity contribution in [3.05, 3.63) is 35.0 Å². The highest BCUT2D eigenvalue weighted by molar-refractivity contribution is 5.79. The van der Waals surface area contributed by atoms with Gasteiger partial charge in [0.2, 0.25) is 0 Å². The molecule has 0 atom stereocenters. The summed E-state index contributed by atoms with van der Waals surface area (Å²) < 4.78 is 5.80. The number of rotatable bonds is 2. The molecule has 0 amide bonds. The molecule has 0 bridgehead atoms. The van der Waals surface area contributed by atoms with Crippen molar-refractivity contribution in [1.82, 2.24) is 0 Å². The van der Waals surface area contributed by atoms with Crippen LogP contribution in [0.3, 0.4) is 0 Å². The van der Waals surface area contributed by atoms with Crippen molar-refractivity contribution in [2.75, 3.05) is 14.2 Å². The molecule has 0 aromatic heterocycles. The first kappa shape index (κ1) is 8.59. The van der Waals surface area contributed by atoms with Gasteiger partial charge in [-0.1, -0.05) is 12.1 Å². The Bertz CT molecular complexity index is 290. The lowest BCUT2D eigenvalue weighted by molar-refractivity contribution is -0.416. The van der Waals surface area contributed by atoms with Crippen molar-refractivity contribution >= 4 is 6.21 Å². The van der Waals surface area contributed by atoms with Gasteiger partial charge in [-0.3, -0.25) is 0 Å². The first-order chi connectivity index (χ1) is 5.74. The van der Waals surface area contributed by atoms with E-state index in [1.54, 1.807) is 7.11 Å². The molecule has 0 aliphatic carbocycles. The van der Waals surface area contributed by atoms with Gasteiger partial charge in [-0.05, 0) is 12.1 Å². The Kier molecular flexibility index (Phi) is 2.69. The summed E-state index contributed by atoms with van der Waals surface area (Å²) in [5.41, 5.74) is 0.789. The van der Waals surface area contributed by atoms with E-state index >= 15 is 0 Å². The van der Waals surface area contributed by atoms with Crippen molar-refractivity contribution < 1.29 is 9.48 Å². The number of hydrogen-bond donors (Lipinski definition) is 0. The molecule has 1 aromatic carbocycles. The van der Waals surface area contributed by atoms with E-state index in [2.05, 4.69) is 0 Å². The fourth-order valence-corrected chi connectivity index (χ4v) is 0.969. The van der Waals surface area contributed by atoms with Crippen LogP contribution in [0.15, 0.2) is 24.3 Å². The Balaban J connectivity index is 3.05. The monoisotopic (exact) mass is 165 g/mol. The summed E-state index contributed by atoms with van der Waals surface area (Å²) in [6.07, 6.45) is 1.47. The van der Waals surface area contributed by atoms with Crippen LogP contribution in [0.25, 0.3) is 0 Å². The average Bonchev–Trinajstić information content (AvgIpc) is 2.04. The summed E-state index contributed by atoms with van der Waals surface area (Å²) in [6, 6.07) is 7.36. The molecule has 64 valence electrons. The lowest BCUT2D eigenvalue weighted by Gasteiger charge is -2.02. The Hall–Kier alpha value is -1.51. The molecule has 0 spiro atoms. The molecular formula is C9H11NO2. The molecule has 0 saturated carbocycles. The van der Waals surface area contributed by atoms with Gasteiger partial charge in [0, 0.05) is 0 Å². The van der Waals surface area contributed by atoms with Crippen LogP contribution in [0.1, 0.15) is 5.56 Å². The molecule has 3 heteroatoms. The zero-order valence-electron chi connectivity index (χ0n) is 7.15. The molecule has 0 heterocycles. The van der Waals surface area contributed by atoms with Crippen LogP contribution in [0.2, 0.25) is 0 Å². The van der Waals surface area contributed by atoms with E-state index in [0.29, 0.717) is 5.75 Å². The zero-order valence-corrected chi connectivity index (χ0v) is 7.15. The van der Waals surface area contributed by atoms with E-state index in [-0.39, 0.29) is 0 Å². The largest absolute Gasteiger partial charge is 0.624 e. The second-order valence-corrected chi connectivity index (χ2v) is 2.42. The van der Waals surface area contributed by atoms with Crippen molar-refractivity contribution in [3.63, 3.8) is 0 Å². The van der Waals surface area contributed by atoms with Gasteiger partial charge in [-0.15, -0.1) is 0 Å². The molecule has 0 aliphatic rings. The van der Waals surface area contributed by atoms with E-state index in [1.807, 2.05) is 24.3 Å². The number of benzene rings is 1. The van der Waals surface area contributed by atoms with E-state index in [1.165, 1.54) is 13.3 Å². The zero-order chi connectivity index (χ0) is 8.97. The standard InChI is InChI=1S/C9H11NO2/c1-10(11)7-8-5-3-4-6-9(8)12-2/h3-7H,1-2H3. The van der Waals surface area contributed by atoms with Crippen LogP contribution in [-0.2, 0) is 0 Å². The number of hydroxylamine groups is 1. The molecule has 0 radical (unpaired) electrons. The lowest BCUT2D eigenvalue weighted by atomic mass is 10.2. The Morgan fingerprint density at radius 3 is 2.67 bits per heavy atom. The summed E-state index contributed by atoms with van der Waals surface area (Å²) in [6.45, 7) is 0. The molecule has 12 heavy (non-hydrogen) atoms. The number of methoxy groups -OCH3 is 1. The molecule has 0 unspecified atom stereocenters. The minimum absolute atomic E-state index is 0.709. The average molecular weight is 165 g/mol. The highest BCUT2D eigenvalue weighted by Crippen LogP contribution is 2.14. The molecule has 0 fully saturated rings. The van der Waals surface area contributed by atoms with Crippen molar-refractivity contribution in [2.45, 2.75) is 0 Å². The first-order valence-electron chi connectivity index (χ1n) is 3.62. The lowest BCUT2D eigenvalue weighted by Crippen LogP contribution is -1.99. The van der Waals surface area contributed by atoms with Gasteiger partial charge in [0.15, 0.2) is 6.21 Å². The summed E-state index contributed by atoms with van der Waals surface area (Å²) in [7, 11) is 3.02. The van der Waals surface area contributed by atoms with Crippen LogP contribution in [0, 0.1) is 5.21 Å². The number of hydrogen-bond acceptors (Lipinski definition) is 2. The smallest absolute Gasteiger partial charge is 0.185 e. The molecule has 1 aromatic rings. The normalized spacial score (nSPS) is 11.3. The van der Waals surface area contributed by atoms with Gasteiger partial charge in [0.25, 0.3) is 0 Å². The van der Waals surface area contributed by atoms with Crippen molar-refractivity contribution in [2.24, 2.45) is 0 Å². The summed E-state index contributed by atoms with van der Waals surface area (Å²) in [4.78, 5) is 0. The quantitative estimate of drug-likeness (QED) is 0.286. The predicted molar refractivity (Wildman–Crippen MR) is 47.7 cm³/mol. The number of ether oxygens (including phenoxy) is 1. The van der Waals surface area contributed by atoms with Gasteiger partial charge in [-0.2, -0.15) is 0 Å². The third kappa shape index (κ3) is 1.99. The van der Waals surface area contributed by atoms with Gasteiger partial charge in [0.1, 0.15) is 12.8 Å². The Morgan fingerprint density at radius 2 is 2.08 bits per heavy atom. The van der Waals surface area contributed by atoms with Gasteiger partial charge < -0.3 is 9.94 Å². The van der Waals surface area contributed by atoms with Gasteiger partial charge in [-0.25, -0.2) is 4.74 Å². The highest BCUT2D eigenvalue weighted by Gasteiger charge is 1.99. The minimum Gasteiger partial charge on any atom is -0.624 e. The second-order valence-electron chi connectivity index (χ2n) is 2.42. The van der Waals surface area contributed by atoms with E-state index < -0.39 is 0 Å². The maximum Gasteiger partial charge on any atom is 0.185 e. The maximum absolute atomic E-state index is 10.7. The predicted octanol–water partition coefficient (Wildman–Crippen LogP) is 1.25. The van der Waals surface area contributed by atoms with Crippen LogP contribution in [0.4, 0.5) is 0 Å². The molecule has 0 saturated heterocycles. The molecule has 3 nitrogen and oxygen atoms in total. The Morgan fingerprint density at radius 1 is 1.42 bits per heavy atom. The maximum atomic E-state index is 10.7. The van der Waals surface area contributed by atoms with Gasteiger partial charge >= 0.3 is 0 Å². The van der Waals surface area contributed by atoms with E-state index in [0.717, 1.165) is 10.3 Å².